The first-order valence-electron chi connectivity index (χ1n) is 6.24. The summed E-state index contributed by atoms with van der Waals surface area (Å²) in [5.74, 6) is 0. The van der Waals surface area contributed by atoms with E-state index in [4.69, 9.17) is 10.5 Å². The number of rotatable bonds is 4. The predicted molar refractivity (Wildman–Crippen MR) is 71.2 cm³/mol. The fourth-order valence-corrected chi connectivity index (χ4v) is 2.48. The molecule has 116 valence electrons. The standard InChI is InChI=1S/C12H17N3O6/c1-2-4-12(15-5-3-6(16)14-11(15)20)9(18)7(17)8(21-12)10(13)19/h2-3,5,7-10,17-19H,1,4,13H2,(H,14,16,20)/t7-,8+,9-,10?,12-/m1/s1. The molecule has 0 spiro atoms. The summed E-state index contributed by atoms with van der Waals surface area (Å²) in [5, 5.41) is 29.6. The van der Waals surface area contributed by atoms with Crippen molar-refractivity contribution in [1.82, 2.24) is 9.55 Å². The zero-order valence-electron chi connectivity index (χ0n) is 11.0. The first-order valence-corrected chi connectivity index (χ1v) is 6.24. The number of hydrogen-bond acceptors (Lipinski definition) is 7. The molecular formula is C12H17N3O6. The number of hydrogen-bond donors (Lipinski definition) is 5. The van der Waals surface area contributed by atoms with E-state index in [1.807, 2.05) is 4.98 Å². The molecule has 2 rings (SSSR count). The lowest BCUT2D eigenvalue weighted by Gasteiger charge is -2.32. The van der Waals surface area contributed by atoms with Gasteiger partial charge < -0.3 is 25.8 Å². The molecule has 1 aliphatic rings. The number of aliphatic hydroxyl groups is 3. The zero-order chi connectivity index (χ0) is 15.8. The van der Waals surface area contributed by atoms with Gasteiger partial charge in [-0.1, -0.05) is 6.08 Å². The van der Waals surface area contributed by atoms with Crippen LogP contribution in [0.3, 0.4) is 0 Å². The molecule has 1 saturated heterocycles. The fraction of sp³-hybridized carbons (Fsp3) is 0.500. The van der Waals surface area contributed by atoms with Crippen LogP contribution in [0.4, 0.5) is 0 Å². The second kappa shape index (κ2) is 5.54. The average molecular weight is 299 g/mol. The normalized spacial score (nSPS) is 33.8. The minimum atomic E-state index is -1.71. The van der Waals surface area contributed by atoms with Gasteiger partial charge in [0.2, 0.25) is 0 Å². The number of H-pyrrole nitrogens is 1. The van der Waals surface area contributed by atoms with E-state index in [0.29, 0.717) is 0 Å². The van der Waals surface area contributed by atoms with Crippen LogP contribution < -0.4 is 17.0 Å². The van der Waals surface area contributed by atoms with E-state index >= 15 is 0 Å². The molecule has 9 heteroatoms. The molecule has 2 heterocycles. The van der Waals surface area contributed by atoms with Crippen molar-refractivity contribution in [2.24, 2.45) is 5.73 Å². The van der Waals surface area contributed by atoms with Crippen molar-refractivity contribution in [3.8, 4) is 0 Å². The van der Waals surface area contributed by atoms with Crippen molar-refractivity contribution < 1.29 is 20.1 Å². The Hall–Kier alpha value is -1.78. The molecule has 0 aromatic carbocycles. The largest absolute Gasteiger partial charge is 0.387 e. The first kappa shape index (κ1) is 15.6. The lowest BCUT2D eigenvalue weighted by molar-refractivity contribution is -0.160. The average Bonchev–Trinajstić information content (AvgIpc) is 2.65. The highest BCUT2D eigenvalue weighted by Gasteiger charge is 2.56. The van der Waals surface area contributed by atoms with Crippen LogP contribution in [0.15, 0.2) is 34.5 Å². The quantitative estimate of drug-likeness (QED) is 0.297. The molecule has 6 N–H and O–H groups in total. The van der Waals surface area contributed by atoms with Crippen molar-refractivity contribution in [1.29, 1.82) is 0 Å². The van der Waals surface area contributed by atoms with E-state index in [2.05, 4.69) is 6.58 Å². The van der Waals surface area contributed by atoms with Crippen LogP contribution in [0.2, 0.25) is 0 Å². The summed E-state index contributed by atoms with van der Waals surface area (Å²) in [6.45, 7) is 3.52. The molecule has 5 atom stereocenters. The van der Waals surface area contributed by atoms with Gasteiger partial charge in [0.1, 0.15) is 24.5 Å². The Kier molecular flexibility index (Phi) is 4.12. The van der Waals surface area contributed by atoms with E-state index in [1.54, 1.807) is 0 Å². The van der Waals surface area contributed by atoms with E-state index in [1.165, 1.54) is 6.08 Å². The Labute approximate surface area is 118 Å². The molecule has 0 aliphatic carbocycles. The maximum Gasteiger partial charge on any atom is 0.330 e. The third-order valence-corrected chi connectivity index (χ3v) is 3.47. The number of aromatic amines is 1. The van der Waals surface area contributed by atoms with E-state index in [-0.39, 0.29) is 6.42 Å². The lowest BCUT2D eigenvalue weighted by Crippen LogP contribution is -2.51. The van der Waals surface area contributed by atoms with Crippen LogP contribution in [0.25, 0.3) is 0 Å². The van der Waals surface area contributed by atoms with Gasteiger partial charge in [-0.2, -0.15) is 0 Å². The van der Waals surface area contributed by atoms with Crippen molar-refractivity contribution in [2.45, 2.75) is 36.7 Å². The number of ether oxygens (including phenoxy) is 1. The van der Waals surface area contributed by atoms with Gasteiger partial charge in [0, 0.05) is 18.7 Å². The summed E-state index contributed by atoms with van der Waals surface area (Å²) in [4.78, 5) is 25.1. The van der Waals surface area contributed by atoms with Crippen LogP contribution in [-0.4, -0.2) is 49.4 Å². The molecular weight excluding hydrogens is 282 g/mol. The monoisotopic (exact) mass is 299 g/mol. The van der Waals surface area contributed by atoms with Gasteiger partial charge >= 0.3 is 5.69 Å². The maximum absolute atomic E-state index is 11.9. The molecule has 0 amide bonds. The van der Waals surface area contributed by atoms with E-state index < -0.39 is 41.5 Å². The van der Waals surface area contributed by atoms with E-state index in [9.17, 15) is 24.9 Å². The molecule has 0 saturated carbocycles. The number of aliphatic hydroxyl groups excluding tert-OH is 3. The summed E-state index contributed by atoms with van der Waals surface area (Å²) < 4.78 is 6.41. The fourth-order valence-electron chi connectivity index (χ4n) is 2.48. The van der Waals surface area contributed by atoms with Crippen LogP contribution in [-0.2, 0) is 10.5 Å². The summed E-state index contributed by atoms with van der Waals surface area (Å²) in [6, 6.07) is 1.07. The molecule has 0 bridgehead atoms. The second-order valence-corrected chi connectivity index (χ2v) is 4.83. The van der Waals surface area contributed by atoms with Crippen LogP contribution in [0.1, 0.15) is 6.42 Å². The Morgan fingerprint density at radius 3 is 2.71 bits per heavy atom. The number of nitrogens with one attached hydrogen (secondary N) is 1. The lowest BCUT2D eigenvalue weighted by atomic mass is 9.98. The minimum absolute atomic E-state index is 0.0552. The highest BCUT2D eigenvalue weighted by molar-refractivity contribution is 5.05. The minimum Gasteiger partial charge on any atom is -0.387 e. The Morgan fingerprint density at radius 1 is 1.57 bits per heavy atom. The smallest absolute Gasteiger partial charge is 0.330 e. The topological polar surface area (TPSA) is 151 Å². The molecule has 1 unspecified atom stereocenters. The third-order valence-electron chi connectivity index (χ3n) is 3.47. The molecule has 1 aromatic rings. The maximum atomic E-state index is 11.9. The van der Waals surface area contributed by atoms with Gasteiger partial charge in [-0.3, -0.25) is 14.3 Å². The summed E-state index contributed by atoms with van der Waals surface area (Å²) in [7, 11) is 0. The predicted octanol–water partition coefficient (Wildman–Crippen LogP) is -2.84. The van der Waals surface area contributed by atoms with Gasteiger partial charge in [0.05, 0.1) is 0 Å². The Bertz CT molecular complexity index is 638. The van der Waals surface area contributed by atoms with Crippen molar-refractivity contribution in [2.75, 3.05) is 0 Å². The molecule has 1 aromatic heterocycles. The summed E-state index contributed by atoms with van der Waals surface area (Å²) in [5.41, 5.74) is 2.13. The van der Waals surface area contributed by atoms with Gasteiger partial charge in [-0.25, -0.2) is 4.79 Å². The second-order valence-electron chi connectivity index (χ2n) is 4.83. The third kappa shape index (κ3) is 2.45. The van der Waals surface area contributed by atoms with Crippen molar-refractivity contribution >= 4 is 0 Å². The Morgan fingerprint density at radius 2 is 2.24 bits per heavy atom. The first-order chi connectivity index (χ1) is 9.83. The summed E-state index contributed by atoms with van der Waals surface area (Å²) in [6.07, 6.45) is -3.46. The molecule has 1 fully saturated rings. The highest BCUT2D eigenvalue weighted by Crippen LogP contribution is 2.38. The SMILES string of the molecule is C=CC[C@@]1(n2ccc(=O)[nH]c2=O)O[C@H](C(N)O)[C@@H](O)[C@H]1O. The highest BCUT2D eigenvalue weighted by atomic mass is 16.6. The summed E-state index contributed by atoms with van der Waals surface area (Å²) >= 11 is 0. The van der Waals surface area contributed by atoms with Crippen LogP contribution in [0.5, 0.6) is 0 Å². The van der Waals surface area contributed by atoms with Gasteiger partial charge in [0.25, 0.3) is 5.56 Å². The Balaban J connectivity index is 2.59. The van der Waals surface area contributed by atoms with E-state index in [0.717, 1.165) is 16.8 Å². The van der Waals surface area contributed by atoms with Gasteiger partial charge in [-0.05, 0) is 0 Å². The number of nitrogens with two attached hydrogens (primary N) is 1. The zero-order valence-corrected chi connectivity index (χ0v) is 11.0. The number of nitrogens with zero attached hydrogens (tertiary/aromatic N) is 1. The van der Waals surface area contributed by atoms with Crippen molar-refractivity contribution in [3.63, 3.8) is 0 Å². The van der Waals surface area contributed by atoms with Crippen LogP contribution in [0, 0.1) is 0 Å². The number of aromatic nitrogens is 2. The van der Waals surface area contributed by atoms with Crippen LogP contribution >= 0.6 is 0 Å². The molecule has 21 heavy (non-hydrogen) atoms. The van der Waals surface area contributed by atoms with Crippen molar-refractivity contribution in [3.05, 3.63) is 45.8 Å². The van der Waals surface area contributed by atoms with Gasteiger partial charge in [-0.15, -0.1) is 6.58 Å². The molecule has 0 radical (unpaired) electrons. The van der Waals surface area contributed by atoms with Gasteiger partial charge in [0.15, 0.2) is 5.72 Å². The molecule has 1 aliphatic heterocycles. The molecule has 9 nitrogen and oxygen atoms in total.